The monoisotopic (exact) mass is 397 g/mol. The second-order valence-corrected chi connectivity index (χ2v) is 7.47. The highest BCUT2D eigenvalue weighted by molar-refractivity contribution is 6.16. The molecule has 1 aliphatic rings. The van der Waals surface area contributed by atoms with Gasteiger partial charge in [0.05, 0.1) is 29.4 Å². The molecule has 4 aromatic rings. The number of fused-ring (bicyclic) bond motifs is 2. The number of aromatic nitrogens is 1. The van der Waals surface area contributed by atoms with Crippen molar-refractivity contribution >= 4 is 33.4 Å². The number of hydrogen-bond acceptors (Lipinski definition) is 4. The van der Waals surface area contributed by atoms with Gasteiger partial charge >= 0.3 is 0 Å². The van der Waals surface area contributed by atoms with Crippen LogP contribution in [0.2, 0.25) is 0 Å². The number of nitrogens with zero attached hydrogens (tertiary/aromatic N) is 3. The minimum Gasteiger partial charge on any atom is -0.495 e. The Bertz CT molecular complexity index is 1180. The van der Waals surface area contributed by atoms with E-state index in [0.29, 0.717) is 13.1 Å². The predicted molar refractivity (Wildman–Crippen MR) is 120 cm³/mol. The molecule has 1 aliphatic heterocycles. The number of benzene rings is 3. The summed E-state index contributed by atoms with van der Waals surface area (Å²) in [5, 5.41) is 1.82. The van der Waals surface area contributed by atoms with Gasteiger partial charge in [-0.3, -0.25) is 4.79 Å². The van der Waals surface area contributed by atoms with Crippen LogP contribution >= 0.6 is 0 Å². The molecule has 1 fully saturated rings. The maximum Gasteiger partial charge on any atom is 0.255 e. The van der Waals surface area contributed by atoms with E-state index in [-0.39, 0.29) is 5.91 Å². The molecule has 150 valence electrons. The van der Waals surface area contributed by atoms with Gasteiger partial charge in [-0.15, -0.1) is 0 Å². The lowest BCUT2D eigenvalue weighted by Gasteiger charge is -2.37. The number of rotatable bonds is 3. The first-order chi connectivity index (χ1) is 14.8. The van der Waals surface area contributed by atoms with Crippen LogP contribution in [0.3, 0.4) is 0 Å². The SMILES string of the molecule is COc1ccccc1N1CCN(C(=O)c2c3ccccc3nc3ccccc23)CC1. The summed E-state index contributed by atoms with van der Waals surface area (Å²) in [5.41, 5.74) is 3.54. The average molecular weight is 397 g/mol. The molecule has 0 unspecified atom stereocenters. The number of anilines is 1. The summed E-state index contributed by atoms with van der Waals surface area (Å²) in [5.74, 6) is 0.938. The zero-order valence-electron chi connectivity index (χ0n) is 16.9. The Hall–Kier alpha value is -3.60. The van der Waals surface area contributed by atoms with Crippen LogP contribution in [0.1, 0.15) is 10.4 Å². The van der Waals surface area contributed by atoms with Crippen LogP contribution in [-0.2, 0) is 0 Å². The average Bonchev–Trinajstić information content (AvgIpc) is 2.82. The molecule has 0 radical (unpaired) electrons. The number of methoxy groups -OCH3 is 1. The Morgan fingerprint density at radius 1 is 0.800 bits per heavy atom. The third-order valence-corrected chi connectivity index (χ3v) is 5.79. The second-order valence-electron chi connectivity index (χ2n) is 7.47. The standard InChI is InChI=1S/C25H23N3O2/c1-30-23-13-7-6-12-22(23)27-14-16-28(17-15-27)25(29)24-18-8-2-4-10-20(18)26-21-11-5-3-9-19(21)24/h2-13H,14-17H2,1H3. The molecule has 0 bridgehead atoms. The topological polar surface area (TPSA) is 45.7 Å². The van der Waals surface area contributed by atoms with Crippen molar-refractivity contribution in [3.8, 4) is 5.75 Å². The zero-order chi connectivity index (χ0) is 20.5. The van der Waals surface area contributed by atoms with Crippen molar-refractivity contribution in [1.29, 1.82) is 0 Å². The quantitative estimate of drug-likeness (QED) is 0.482. The van der Waals surface area contributed by atoms with E-state index in [4.69, 9.17) is 9.72 Å². The highest BCUT2D eigenvalue weighted by Gasteiger charge is 2.26. The number of ether oxygens (including phenoxy) is 1. The molecule has 30 heavy (non-hydrogen) atoms. The van der Waals surface area contributed by atoms with E-state index in [9.17, 15) is 4.79 Å². The maximum atomic E-state index is 13.6. The predicted octanol–water partition coefficient (Wildman–Crippen LogP) is 4.36. The summed E-state index contributed by atoms with van der Waals surface area (Å²) in [6, 6.07) is 23.8. The summed E-state index contributed by atoms with van der Waals surface area (Å²) < 4.78 is 5.51. The summed E-state index contributed by atoms with van der Waals surface area (Å²) in [7, 11) is 1.69. The Morgan fingerprint density at radius 3 is 2.00 bits per heavy atom. The molecule has 2 heterocycles. The molecule has 0 saturated carbocycles. The lowest BCUT2D eigenvalue weighted by Crippen LogP contribution is -2.49. The third kappa shape index (κ3) is 3.12. The van der Waals surface area contributed by atoms with Crippen LogP contribution in [-0.4, -0.2) is 49.1 Å². The van der Waals surface area contributed by atoms with Gasteiger partial charge in [0.15, 0.2) is 0 Å². The molecule has 5 nitrogen and oxygen atoms in total. The van der Waals surface area contributed by atoms with Crippen molar-refractivity contribution in [2.24, 2.45) is 0 Å². The first-order valence-corrected chi connectivity index (χ1v) is 10.2. The Labute approximate surface area is 175 Å². The lowest BCUT2D eigenvalue weighted by molar-refractivity contribution is 0.0750. The first kappa shape index (κ1) is 18.4. The third-order valence-electron chi connectivity index (χ3n) is 5.79. The number of pyridine rings is 1. The largest absolute Gasteiger partial charge is 0.495 e. The number of amides is 1. The molecule has 0 spiro atoms. The second kappa shape index (κ2) is 7.67. The highest BCUT2D eigenvalue weighted by Crippen LogP contribution is 2.30. The molecule has 0 atom stereocenters. The molecule has 0 aliphatic carbocycles. The van der Waals surface area contributed by atoms with Crippen molar-refractivity contribution in [1.82, 2.24) is 9.88 Å². The van der Waals surface area contributed by atoms with Crippen LogP contribution in [0.5, 0.6) is 5.75 Å². The van der Waals surface area contributed by atoms with Gasteiger partial charge < -0.3 is 14.5 Å². The van der Waals surface area contributed by atoms with Crippen LogP contribution in [0, 0.1) is 0 Å². The van der Waals surface area contributed by atoms with Gasteiger partial charge in [0.2, 0.25) is 0 Å². The van der Waals surface area contributed by atoms with Crippen molar-refractivity contribution in [3.63, 3.8) is 0 Å². The smallest absolute Gasteiger partial charge is 0.255 e. The summed E-state index contributed by atoms with van der Waals surface area (Å²) in [6.45, 7) is 2.88. The molecular weight excluding hydrogens is 374 g/mol. The fourth-order valence-electron chi connectivity index (χ4n) is 4.27. The Morgan fingerprint density at radius 2 is 1.37 bits per heavy atom. The van der Waals surface area contributed by atoms with Crippen molar-refractivity contribution in [3.05, 3.63) is 78.4 Å². The zero-order valence-corrected chi connectivity index (χ0v) is 16.9. The van der Waals surface area contributed by atoms with Crippen molar-refractivity contribution in [2.45, 2.75) is 0 Å². The van der Waals surface area contributed by atoms with Gasteiger partial charge in [0, 0.05) is 37.0 Å². The molecule has 1 amide bonds. The Kier molecular flexibility index (Phi) is 4.71. The normalized spacial score (nSPS) is 14.3. The number of piperazine rings is 1. The van der Waals surface area contributed by atoms with Gasteiger partial charge in [-0.2, -0.15) is 0 Å². The molecule has 0 N–H and O–H groups in total. The molecule has 3 aromatic carbocycles. The summed E-state index contributed by atoms with van der Waals surface area (Å²) in [4.78, 5) is 22.6. The van der Waals surface area contributed by atoms with E-state index >= 15 is 0 Å². The highest BCUT2D eigenvalue weighted by atomic mass is 16.5. The van der Waals surface area contributed by atoms with E-state index in [2.05, 4.69) is 11.0 Å². The van der Waals surface area contributed by atoms with Crippen LogP contribution in [0.25, 0.3) is 21.8 Å². The fraction of sp³-hybridized carbons (Fsp3) is 0.200. The first-order valence-electron chi connectivity index (χ1n) is 10.2. The summed E-state index contributed by atoms with van der Waals surface area (Å²) >= 11 is 0. The molecule has 5 heteroatoms. The number of hydrogen-bond donors (Lipinski definition) is 0. The van der Waals surface area contributed by atoms with Crippen LogP contribution in [0.4, 0.5) is 5.69 Å². The van der Waals surface area contributed by atoms with E-state index in [1.54, 1.807) is 7.11 Å². The van der Waals surface area contributed by atoms with Gasteiger partial charge in [-0.25, -0.2) is 4.98 Å². The Balaban J connectivity index is 1.47. The van der Waals surface area contributed by atoms with E-state index in [0.717, 1.165) is 51.9 Å². The van der Waals surface area contributed by atoms with Crippen LogP contribution in [0.15, 0.2) is 72.8 Å². The van der Waals surface area contributed by atoms with Crippen molar-refractivity contribution < 1.29 is 9.53 Å². The lowest BCUT2D eigenvalue weighted by atomic mass is 10.0. The fourth-order valence-corrected chi connectivity index (χ4v) is 4.27. The summed E-state index contributed by atoms with van der Waals surface area (Å²) in [6.07, 6.45) is 0. The van der Waals surface area contributed by atoms with Crippen molar-refractivity contribution in [2.75, 3.05) is 38.2 Å². The van der Waals surface area contributed by atoms with E-state index in [1.807, 2.05) is 71.6 Å². The minimum atomic E-state index is 0.0736. The molecule has 5 rings (SSSR count). The van der Waals surface area contributed by atoms with Gasteiger partial charge in [-0.1, -0.05) is 48.5 Å². The van der Waals surface area contributed by atoms with Gasteiger partial charge in [-0.05, 0) is 24.3 Å². The molecule has 1 aromatic heterocycles. The molecular formula is C25H23N3O2. The van der Waals surface area contributed by atoms with Gasteiger partial charge in [0.1, 0.15) is 5.75 Å². The van der Waals surface area contributed by atoms with Crippen LogP contribution < -0.4 is 9.64 Å². The number of carbonyl (C=O) groups is 1. The minimum absolute atomic E-state index is 0.0736. The van der Waals surface area contributed by atoms with E-state index < -0.39 is 0 Å². The van der Waals surface area contributed by atoms with Gasteiger partial charge in [0.25, 0.3) is 5.91 Å². The van der Waals surface area contributed by atoms with E-state index in [1.165, 1.54) is 0 Å². The number of carbonyl (C=O) groups excluding carboxylic acids is 1. The maximum absolute atomic E-state index is 13.6. The molecule has 1 saturated heterocycles. The number of para-hydroxylation sites is 4.